The first-order chi connectivity index (χ1) is 10.4. The Labute approximate surface area is 178 Å². The normalized spacial score (nSPS) is 23.6. The van der Waals surface area contributed by atoms with Crippen LogP contribution in [0.1, 0.15) is 40.5 Å². The van der Waals surface area contributed by atoms with Gasteiger partial charge in [-0.15, -0.1) is 0 Å². The van der Waals surface area contributed by atoms with Crippen LogP contribution in [0.5, 0.6) is 0 Å². The zero-order valence-corrected chi connectivity index (χ0v) is 20.4. The summed E-state index contributed by atoms with van der Waals surface area (Å²) in [7, 11) is -1.80. The van der Waals surface area contributed by atoms with Crippen molar-refractivity contribution in [3.05, 3.63) is 45.1 Å². The molecule has 0 bridgehead atoms. The molecule has 0 spiro atoms. The van der Waals surface area contributed by atoms with Gasteiger partial charge in [0.05, 0.1) is 0 Å². The molecule has 2 rings (SSSR count). The fourth-order valence-corrected chi connectivity index (χ4v) is 4.67. The maximum atomic E-state index is 6.70. The Balaban J connectivity index is 0.00000288. The van der Waals surface area contributed by atoms with Crippen molar-refractivity contribution in [3.63, 3.8) is 0 Å². The topological polar surface area (TPSA) is 18.5 Å². The van der Waals surface area contributed by atoms with E-state index in [4.69, 9.17) is 9.16 Å². The smallest absolute Gasteiger partial charge is 1.00 e. The molecule has 0 aliphatic heterocycles. The molecule has 0 heterocycles. The largest absolute Gasteiger partial charge is 1.00 e. The Morgan fingerprint density at radius 2 is 1.76 bits per heavy atom. The minimum absolute atomic E-state index is 0. The molecule has 0 fully saturated rings. The van der Waals surface area contributed by atoms with E-state index in [2.05, 4.69) is 92.1 Å². The molecule has 0 radical (unpaired) electrons. The van der Waals surface area contributed by atoms with Crippen molar-refractivity contribution < 1.29 is 54.4 Å². The Hall–Kier alpha value is 0.231. The number of hydrogen-bond acceptors (Lipinski definition) is 2. The Kier molecular flexibility index (Phi) is 9.03. The van der Waals surface area contributed by atoms with Gasteiger partial charge in [-0.3, -0.25) is 0 Å². The summed E-state index contributed by atoms with van der Waals surface area (Å²) in [5, 5.41) is 0. The Morgan fingerprint density at radius 1 is 1.16 bits per heavy atom. The summed E-state index contributed by atoms with van der Waals surface area (Å²) in [6.45, 7) is 15.6. The van der Waals surface area contributed by atoms with E-state index in [-0.39, 0.29) is 30.2 Å². The quantitative estimate of drug-likeness (QED) is 0.441. The molecule has 6 heteroatoms. The predicted octanol–water partition coefficient (Wildman–Crippen LogP) is -0.400. The molecule has 1 unspecified atom stereocenters. The van der Waals surface area contributed by atoms with E-state index in [1.165, 1.54) is 15.0 Å². The molecular formula is C19H29Cl2O2SiTi. The average molecular weight is 436 g/mol. The van der Waals surface area contributed by atoms with Gasteiger partial charge in [-0.05, 0) is 0 Å². The second-order valence-corrected chi connectivity index (χ2v) is 13.9. The molecule has 0 N–H and O–H groups in total. The molecule has 139 valence electrons. The van der Waals surface area contributed by atoms with Gasteiger partial charge >= 0.3 is 154 Å². The maximum Gasteiger partial charge on any atom is -1.00 e. The average Bonchev–Trinajstić information content (AvgIpc) is 2.75. The molecule has 1 atom stereocenters. The second kappa shape index (κ2) is 8.95. The van der Waals surface area contributed by atoms with Crippen LogP contribution >= 0.6 is 0 Å². The summed E-state index contributed by atoms with van der Waals surface area (Å²) in [5.74, 6) is 0.305. The van der Waals surface area contributed by atoms with Gasteiger partial charge < -0.3 is 24.8 Å². The number of ether oxygens (including phenoxy) is 1. The maximum absolute atomic E-state index is 6.70. The standard InChI is InChI=1S/C19H29O2Si.2ClH.Ti/c1-15-12-13-19(21-22(5,6)7,17(14-15)18(2,3)4)20-16-10-8-9-11-16;;;/h8,10,12,14H,9,13H2,1-7H3;2*1H;/q;;;+2/p-2. The van der Waals surface area contributed by atoms with Crippen molar-refractivity contribution in [2.75, 3.05) is 0 Å². The minimum Gasteiger partial charge on any atom is -1.00 e. The number of halogens is 2. The van der Waals surface area contributed by atoms with Crippen LogP contribution in [0, 0.1) is 5.41 Å². The first-order valence-corrected chi connectivity index (χ1v) is 12.5. The molecule has 0 saturated heterocycles. The van der Waals surface area contributed by atoms with Crippen molar-refractivity contribution in [2.45, 2.75) is 66.0 Å². The minimum atomic E-state index is -1.80. The van der Waals surface area contributed by atoms with Gasteiger partial charge in [-0.1, -0.05) is 0 Å². The monoisotopic (exact) mass is 435 g/mol. The van der Waals surface area contributed by atoms with Crippen LogP contribution in [0.4, 0.5) is 0 Å². The fraction of sp³-hybridized carbons (Fsp3) is 0.579. The molecular weight excluding hydrogens is 407 g/mol. The molecule has 0 aromatic rings. The van der Waals surface area contributed by atoms with Crippen molar-refractivity contribution >= 4 is 8.32 Å². The third-order valence-electron chi connectivity index (χ3n) is 3.92. The molecule has 25 heavy (non-hydrogen) atoms. The van der Waals surface area contributed by atoms with E-state index in [0.29, 0.717) is 0 Å². The summed E-state index contributed by atoms with van der Waals surface area (Å²) < 4.78 is 14.6. The summed E-state index contributed by atoms with van der Waals surface area (Å²) in [6, 6.07) is 0. The molecule has 2 nitrogen and oxygen atoms in total. The number of hydrogen-bond donors (Lipinski definition) is 0. The number of allylic oxidation sites excluding steroid dienone is 5. The fourth-order valence-electron chi connectivity index (χ4n) is 3.06. The van der Waals surface area contributed by atoms with E-state index in [1.54, 1.807) is 0 Å². The van der Waals surface area contributed by atoms with Gasteiger partial charge in [0.15, 0.2) is 0 Å². The van der Waals surface area contributed by atoms with Crippen LogP contribution in [0.25, 0.3) is 0 Å². The van der Waals surface area contributed by atoms with Crippen molar-refractivity contribution in [1.29, 1.82) is 0 Å². The number of rotatable bonds is 4. The van der Waals surface area contributed by atoms with E-state index in [1.807, 2.05) is 0 Å². The van der Waals surface area contributed by atoms with Gasteiger partial charge in [0, 0.05) is 0 Å². The third kappa shape index (κ3) is 6.41. The van der Waals surface area contributed by atoms with Crippen LogP contribution in [-0.4, -0.2) is 14.1 Å². The van der Waals surface area contributed by atoms with Gasteiger partial charge in [0.2, 0.25) is 0 Å². The van der Waals surface area contributed by atoms with Gasteiger partial charge in [0.25, 0.3) is 0 Å². The Morgan fingerprint density at radius 3 is 2.20 bits per heavy atom. The summed E-state index contributed by atoms with van der Waals surface area (Å²) in [4.78, 5) is 0. The zero-order valence-electron chi connectivity index (χ0n) is 16.3. The van der Waals surface area contributed by atoms with Crippen molar-refractivity contribution in [2.24, 2.45) is 5.41 Å². The van der Waals surface area contributed by atoms with Crippen molar-refractivity contribution in [3.8, 4) is 0 Å². The van der Waals surface area contributed by atoms with Crippen LogP contribution in [0.3, 0.4) is 0 Å². The van der Waals surface area contributed by atoms with Crippen LogP contribution in [0.15, 0.2) is 45.1 Å². The van der Waals surface area contributed by atoms with Crippen LogP contribution in [-0.2, 0) is 29.6 Å². The molecule has 0 aromatic heterocycles. The third-order valence-corrected chi connectivity index (χ3v) is 5.56. The SMILES string of the molecule is CC1=CCC(OC2=[C]([Ti+2])CC=C2)(O[Si](C)(C)C)C(C(C)(C)C)=C1.[Cl-].[Cl-]. The van der Waals surface area contributed by atoms with E-state index in [9.17, 15) is 0 Å². The van der Waals surface area contributed by atoms with Crippen LogP contribution in [0.2, 0.25) is 19.6 Å². The first kappa shape index (κ1) is 25.2. The van der Waals surface area contributed by atoms with E-state index < -0.39 is 14.1 Å². The second-order valence-electron chi connectivity index (χ2n) is 8.48. The van der Waals surface area contributed by atoms with E-state index >= 15 is 0 Å². The summed E-state index contributed by atoms with van der Waals surface area (Å²) in [6.07, 6.45) is 10.5. The first-order valence-electron chi connectivity index (χ1n) is 8.33. The molecule has 0 aromatic carbocycles. The molecule has 2 aliphatic carbocycles. The predicted molar refractivity (Wildman–Crippen MR) is 94.9 cm³/mol. The molecule has 0 saturated carbocycles. The van der Waals surface area contributed by atoms with Crippen molar-refractivity contribution in [1.82, 2.24) is 0 Å². The molecule has 0 amide bonds. The van der Waals surface area contributed by atoms with E-state index in [0.717, 1.165) is 18.6 Å². The zero-order chi connectivity index (χ0) is 17.5. The van der Waals surface area contributed by atoms with Gasteiger partial charge in [0.1, 0.15) is 0 Å². The molecule has 2 aliphatic rings. The van der Waals surface area contributed by atoms with Gasteiger partial charge in [-0.2, -0.15) is 0 Å². The summed E-state index contributed by atoms with van der Waals surface area (Å²) in [5.41, 5.74) is 2.53. The van der Waals surface area contributed by atoms with Gasteiger partial charge in [-0.25, -0.2) is 0 Å². The summed E-state index contributed by atoms with van der Waals surface area (Å²) >= 11 is 2.14. The van der Waals surface area contributed by atoms with Crippen LogP contribution < -0.4 is 24.8 Å². The Bertz CT molecular complexity index is 610.